The van der Waals surface area contributed by atoms with Gasteiger partial charge < -0.3 is 10.1 Å². The lowest BCUT2D eigenvalue weighted by Gasteiger charge is -2.49. The van der Waals surface area contributed by atoms with Gasteiger partial charge in [-0.2, -0.15) is 0 Å². The maximum absolute atomic E-state index is 12.7. The number of nitrogens with zero attached hydrogens (tertiary/aromatic N) is 2. The number of amides is 1. The molecule has 2 aromatic rings. The molecule has 0 aliphatic carbocycles. The summed E-state index contributed by atoms with van der Waals surface area (Å²) < 4.78 is 5.41. The van der Waals surface area contributed by atoms with E-state index in [-0.39, 0.29) is 11.9 Å². The SMILES string of the molecule is COc1ccccc1-c1cnc(C(=O)NC2C3CCN(CC3)C2C)s1. The molecule has 3 aliphatic heterocycles. The predicted octanol–water partition coefficient (Wildman–Crippen LogP) is 3.03. The van der Waals surface area contributed by atoms with Crippen LogP contribution in [0.1, 0.15) is 29.6 Å². The summed E-state index contributed by atoms with van der Waals surface area (Å²) >= 11 is 1.42. The molecule has 0 saturated carbocycles. The van der Waals surface area contributed by atoms with Gasteiger partial charge in [-0.1, -0.05) is 12.1 Å². The fourth-order valence-electron chi connectivity index (χ4n) is 4.11. The highest BCUT2D eigenvalue weighted by Gasteiger charge is 2.40. The zero-order valence-electron chi connectivity index (χ0n) is 14.6. The number of piperidine rings is 3. The van der Waals surface area contributed by atoms with Crippen LogP contribution in [0.2, 0.25) is 0 Å². The Bertz CT molecular complexity index is 766. The van der Waals surface area contributed by atoms with Crippen LogP contribution >= 0.6 is 11.3 Å². The van der Waals surface area contributed by atoms with Crippen molar-refractivity contribution in [2.45, 2.75) is 31.8 Å². The van der Waals surface area contributed by atoms with Gasteiger partial charge in [-0.25, -0.2) is 4.98 Å². The largest absolute Gasteiger partial charge is 0.496 e. The number of para-hydroxylation sites is 1. The van der Waals surface area contributed by atoms with E-state index in [4.69, 9.17) is 4.74 Å². The minimum atomic E-state index is -0.0586. The first kappa shape index (κ1) is 16.5. The second-order valence-corrected chi connectivity index (χ2v) is 7.87. The highest BCUT2D eigenvalue weighted by Crippen LogP contribution is 2.35. The molecular formula is C19H23N3O2S. The summed E-state index contributed by atoms with van der Waals surface area (Å²) in [5, 5.41) is 3.76. The second kappa shape index (κ2) is 6.77. The summed E-state index contributed by atoms with van der Waals surface area (Å²) in [5.74, 6) is 1.33. The third kappa shape index (κ3) is 3.04. The van der Waals surface area contributed by atoms with E-state index in [2.05, 4.69) is 22.1 Å². The molecule has 0 spiro atoms. The zero-order chi connectivity index (χ0) is 17.4. The van der Waals surface area contributed by atoms with Crippen molar-refractivity contribution in [1.29, 1.82) is 0 Å². The van der Waals surface area contributed by atoms with Crippen molar-refractivity contribution in [2.75, 3.05) is 20.2 Å². The molecule has 2 bridgehead atoms. The number of rotatable bonds is 4. The van der Waals surface area contributed by atoms with Crippen LogP contribution < -0.4 is 10.1 Å². The van der Waals surface area contributed by atoms with Crippen molar-refractivity contribution in [3.63, 3.8) is 0 Å². The number of methoxy groups -OCH3 is 1. The van der Waals surface area contributed by atoms with Crippen LogP contribution in [0.4, 0.5) is 0 Å². The maximum atomic E-state index is 12.7. The quantitative estimate of drug-likeness (QED) is 0.914. The summed E-state index contributed by atoms with van der Waals surface area (Å²) in [5.41, 5.74) is 0.970. The van der Waals surface area contributed by atoms with Crippen LogP contribution in [0.3, 0.4) is 0 Å². The van der Waals surface area contributed by atoms with Crippen LogP contribution in [-0.4, -0.2) is 48.1 Å². The van der Waals surface area contributed by atoms with Gasteiger partial charge in [-0.05, 0) is 50.9 Å². The Morgan fingerprint density at radius 3 is 2.80 bits per heavy atom. The first-order chi connectivity index (χ1) is 12.2. The van der Waals surface area contributed by atoms with E-state index in [9.17, 15) is 4.79 Å². The van der Waals surface area contributed by atoms with E-state index in [0.717, 1.165) is 29.3 Å². The molecule has 25 heavy (non-hydrogen) atoms. The lowest BCUT2D eigenvalue weighted by atomic mass is 9.79. The van der Waals surface area contributed by atoms with E-state index in [0.29, 0.717) is 17.0 Å². The fraction of sp³-hybridized carbons (Fsp3) is 0.474. The number of aromatic nitrogens is 1. The molecule has 1 aromatic heterocycles. The molecule has 2 unspecified atom stereocenters. The number of nitrogens with one attached hydrogen (secondary N) is 1. The first-order valence-electron chi connectivity index (χ1n) is 8.81. The van der Waals surface area contributed by atoms with E-state index in [1.165, 1.54) is 24.2 Å². The molecule has 3 aliphatic rings. The number of benzene rings is 1. The van der Waals surface area contributed by atoms with Gasteiger partial charge in [0.15, 0.2) is 5.01 Å². The third-order valence-corrected chi connectivity index (χ3v) is 6.58. The summed E-state index contributed by atoms with van der Waals surface area (Å²) in [6, 6.07) is 8.45. The normalized spacial score (nSPS) is 27.9. The van der Waals surface area contributed by atoms with E-state index < -0.39 is 0 Å². The smallest absolute Gasteiger partial charge is 0.280 e. The topological polar surface area (TPSA) is 54.5 Å². The average molecular weight is 357 g/mol. The van der Waals surface area contributed by atoms with Crippen LogP contribution in [-0.2, 0) is 0 Å². The molecule has 6 heteroatoms. The molecule has 4 heterocycles. The minimum Gasteiger partial charge on any atom is -0.496 e. The van der Waals surface area contributed by atoms with Crippen molar-refractivity contribution >= 4 is 17.2 Å². The predicted molar refractivity (Wildman–Crippen MR) is 99.1 cm³/mol. The summed E-state index contributed by atoms with van der Waals surface area (Å²) in [6.45, 7) is 4.54. The van der Waals surface area contributed by atoms with Crippen molar-refractivity contribution in [3.8, 4) is 16.2 Å². The zero-order valence-corrected chi connectivity index (χ0v) is 15.4. The van der Waals surface area contributed by atoms with Crippen LogP contribution in [0.15, 0.2) is 30.5 Å². The maximum Gasteiger partial charge on any atom is 0.280 e. The van der Waals surface area contributed by atoms with Crippen LogP contribution in [0, 0.1) is 5.92 Å². The molecule has 1 N–H and O–H groups in total. The minimum absolute atomic E-state index is 0.0586. The molecular weight excluding hydrogens is 334 g/mol. The Kier molecular flexibility index (Phi) is 4.48. The summed E-state index contributed by atoms with van der Waals surface area (Å²) in [6.07, 6.45) is 4.12. The van der Waals surface area contributed by atoms with Crippen molar-refractivity contribution < 1.29 is 9.53 Å². The van der Waals surface area contributed by atoms with Gasteiger partial charge in [0.2, 0.25) is 0 Å². The standard InChI is InChI=1S/C19H23N3O2S/c1-12-17(13-7-9-22(12)10-8-13)21-18(23)19-20-11-16(25-19)14-5-3-4-6-15(14)24-2/h3-6,11-13,17H,7-10H2,1-2H3,(H,21,23). The third-order valence-electron chi connectivity index (χ3n) is 5.55. The van der Waals surface area contributed by atoms with Gasteiger partial charge in [-0.3, -0.25) is 9.69 Å². The number of ether oxygens (including phenoxy) is 1. The Balaban J connectivity index is 1.51. The number of hydrogen-bond donors (Lipinski definition) is 1. The van der Waals surface area contributed by atoms with Gasteiger partial charge in [0, 0.05) is 23.8 Å². The summed E-state index contributed by atoms with van der Waals surface area (Å²) in [4.78, 5) is 20.5. The average Bonchev–Trinajstić information content (AvgIpc) is 3.15. The molecule has 5 rings (SSSR count). The van der Waals surface area contributed by atoms with Gasteiger partial charge in [0.25, 0.3) is 5.91 Å². The molecule has 132 valence electrons. The van der Waals surface area contributed by atoms with E-state index in [1.54, 1.807) is 13.3 Å². The molecule has 3 fully saturated rings. The molecule has 2 atom stereocenters. The van der Waals surface area contributed by atoms with E-state index in [1.807, 2.05) is 24.3 Å². The number of carbonyl (C=O) groups is 1. The Labute approximate surface area is 152 Å². The number of carbonyl (C=O) groups excluding carboxylic acids is 1. The monoisotopic (exact) mass is 357 g/mol. The van der Waals surface area contributed by atoms with Crippen molar-refractivity contribution in [3.05, 3.63) is 35.5 Å². The molecule has 0 radical (unpaired) electrons. The lowest BCUT2D eigenvalue weighted by Crippen LogP contribution is -2.62. The molecule has 5 nitrogen and oxygen atoms in total. The molecule has 1 amide bonds. The van der Waals surface area contributed by atoms with Gasteiger partial charge >= 0.3 is 0 Å². The first-order valence-corrected chi connectivity index (χ1v) is 9.63. The van der Waals surface area contributed by atoms with Crippen molar-refractivity contribution in [1.82, 2.24) is 15.2 Å². The highest BCUT2D eigenvalue weighted by molar-refractivity contribution is 7.17. The van der Waals surface area contributed by atoms with E-state index >= 15 is 0 Å². The number of hydrogen-bond acceptors (Lipinski definition) is 5. The van der Waals surface area contributed by atoms with Crippen LogP contribution in [0.25, 0.3) is 10.4 Å². The fourth-order valence-corrected chi connectivity index (χ4v) is 4.96. The number of fused-ring (bicyclic) bond motifs is 3. The van der Waals surface area contributed by atoms with Gasteiger partial charge in [0.1, 0.15) is 5.75 Å². The lowest BCUT2D eigenvalue weighted by molar-refractivity contribution is 0.0217. The second-order valence-electron chi connectivity index (χ2n) is 6.84. The van der Waals surface area contributed by atoms with Crippen molar-refractivity contribution in [2.24, 2.45) is 5.92 Å². The Morgan fingerprint density at radius 2 is 2.08 bits per heavy atom. The van der Waals surface area contributed by atoms with Gasteiger partial charge in [0.05, 0.1) is 12.0 Å². The van der Waals surface area contributed by atoms with Gasteiger partial charge in [-0.15, -0.1) is 11.3 Å². The molecule has 1 aromatic carbocycles. The van der Waals surface area contributed by atoms with Crippen LogP contribution in [0.5, 0.6) is 5.75 Å². The Hall–Kier alpha value is -1.92. The Morgan fingerprint density at radius 1 is 1.32 bits per heavy atom. The summed E-state index contributed by atoms with van der Waals surface area (Å²) in [7, 11) is 1.66. The number of thiazole rings is 1. The molecule has 3 saturated heterocycles. The highest BCUT2D eigenvalue weighted by atomic mass is 32.1.